The zero-order valence-electron chi connectivity index (χ0n) is 13.0. The molecule has 7 heteroatoms. The molecule has 1 amide bonds. The van der Waals surface area contributed by atoms with E-state index in [0.29, 0.717) is 30.3 Å². The summed E-state index contributed by atoms with van der Waals surface area (Å²) in [5, 5.41) is 7.40. The third kappa shape index (κ3) is 3.12. The van der Waals surface area contributed by atoms with E-state index in [9.17, 15) is 4.79 Å². The third-order valence-corrected chi connectivity index (χ3v) is 4.10. The first-order valence-electron chi connectivity index (χ1n) is 7.44. The Bertz CT molecular complexity index is 729. The smallest absolute Gasteiger partial charge is 0.271 e. The number of fused-ring (bicyclic) bond motifs is 1. The van der Waals surface area contributed by atoms with Gasteiger partial charge in [-0.05, 0) is 25.0 Å². The minimum absolute atomic E-state index is 0.111. The average Bonchev–Trinajstić information content (AvgIpc) is 2.95. The first-order valence-corrected chi connectivity index (χ1v) is 7.82. The van der Waals surface area contributed by atoms with Gasteiger partial charge in [-0.2, -0.15) is 5.10 Å². The van der Waals surface area contributed by atoms with Gasteiger partial charge in [0, 0.05) is 12.6 Å². The Morgan fingerprint density at radius 1 is 1.57 bits per heavy atom. The van der Waals surface area contributed by atoms with Gasteiger partial charge in [0.1, 0.15) is 23.8 Å². The number of halogens is 1. The van der Waals surface area contributed by atoms with Gasteiger partial charge in [0.25, 0.3) is 5.91 Å². The van der Waals surface area contributed by atoms with Crippen LogP contribution in [0.4, 0.5) is 0 Å². The molecule has 1 atom stereocenters. The Balaban J connectivity index is 1.72. The highest BCUT2D eigenvalue weighted by Gasteiger charge is 2.25. The molecule has 0 fully saturated rings. The Morgan fingerprint density at radius 2 is 2.39 bits per heavy atom. The Hall–Kier alpha value is -2.21. The van der Waals surface area contributed by atoms with E-state index < -0.39 is 0 Å². The van der Waals surface area contributed by atoms with Crippen molar-refractivity contribution in [2.45, 2.75) is 25.9 Å². The zero-order chi connectivity index (χ0) is 16.4. The highest BCUT2D eigenvalue weighted by atomic mass is 35.5. The van der Waals surface area contributed by atoms with E-state index in [2.05, 4.69) is 10.4 Å². The van der Waals surface area contributed by atoms with Gasteiger partial charge in [-0.15, -0.1) is 0 Å². The normalized spacial score (nSPS) is 16.4. The summed E-state index contributed by atoms with van der Waals surface area (Å²) in [5.41, 5.74) is 1.42. The summed E-state index contributed by atoms with van der Waals surface area (Å²) < 4.78 is 12.5. The molecule has 1 aliphatic heterocycles. The molecule has 2 aromatic rings. The fourth-order valence-electron chi connectivity index (χ4n) is 2.65. The van der Waals surface area contributed by atoms with Crippen molar-refractivity contribution in [3.8, 4) is 11.5 Å². The van der Waals surface area contributed by atoms with Crippen LogP contribution in [0.1, 0.15) is 23.0 Å². The number of benzene rings is 1. The molecule has 122 valence electrons. The summed E-state index contributed by atoms with van der Waals surface area (Å²) >= 11 is 6.06. The lowest BCUT2D eigenvalue weighted by atomic mass is 10.0. The van der Waals surface area contributed by atoms with E-state index in [1.54, 1.807) is 11.8 Å². The van der Waals surface area contributed by atoms with Gasteiger partial charge in [-0.3, -0.25) is 9.48 Å². The number of carbonyl (C=O) groups is 1. The summed E-state index contributed by atoms with van der Waals surface area (Å²) in [5.74, 6) is 1.32. The Morgan fingerprint density at radius 3 is 3.13 bits per heavy atom. The number of carbonyl (C=O) groups excluding carboxylic acids is 1. The van der Waals surface area contributed by atoms with Crippen molar-refractivity contribution in [3.63, 3.8) is 0 Å². The maximum Gasteiger partial charge on any atom is 0.271 e. The van der Waals surface area contributed by atoms with Crippen LogP contribution in [0.2, 0.25) is 5.02 Å². The molecule has 1 unspecified atom stereocenters. The fourth-order valence-corrected chi connectivity index (χ4v) is 2.88. The number of aromatic nitrogens is 2. The molecule has 1 N–H and O–H groups in total. The molecular formula is C16H18ClN3O3. The molecule has 1 aromatic heterocycles. The van der Waals surface area contributed by atoms with Crippen LogP contribution in [0.5, 0.6) is 11.5 Å². The number of nitrogens with zero attached hydrogens (tertiary/aromatic N) is 2. The summed E-state index contributed by atoms with van der Waals surface area (Å²) in [6.45, 7) is 2.90. The zero-order valence-corrected chi connectivity index (χ0v) is 13.8. The van der Waals surface area contributed by atoms with Gasteiger partial charge >= 0.3 is 0 Å². The molecule has 0 saturated carbocycles. The lowest BCUT2D eigenvalue weighted by Crippen LogP contribution is -2.43. The second kappa shape index (κ2) is 6.50. The standard InChI is InChI=1S/C16H18ClN3O3/c1-3-20-15(13(17)8-18-20)16(21)19-11-6-10-4-5-12(22-2)7-14(10)23-9-11/h4-5,7-8,11H,3,6,9H2,1-2H3,(H,19,21). The van der Waals surface area contributed by atoms with Crippen LogP contribution < -0.4 is 14.8 Å². The number of nitrogens with one attached hydrogen (secondary N) is 1. The number of aryl methyl sites for hydroxylation is 1. The molecule has 0 spiro atoms. The van der Waals surface area contributed by atoms with Crippen molar-refractivity contribution in [1.82, 2.24) is 15.1 Å². The maximum absolute atomic E-state index is 12.5. The van der Waals surface area contributed by atoms with Gasteiger partial charge in [-0.1, -0.05) is 17.7 Å². The second-order valence-electron chi connectivity index (χ2n) is 5.32. The SMILES string of the molecule is CCn1ncc(Cl)c1C(=O)NC1COc2cc(OC)ccc2C1. The van der Waals surface area contributed by atoms with Crippen molar-refractivity contribution in [2.24, 2.45) is 0 Å². The quantitative estimate of drug-likeness (QED) is 0.931. The molecular weight excluding hydrogens is 318 g/mol. The van der Waals surface area contributed by atoms with Crippen LogP contribution in [-0.4, -0.2) is 35.4 Å². The summed E-state index contributed by atoms with van der Waals surface area (Å²) in [4.78, 5) is 12.5. The predicted octanol–water partition coefficient (Wildman–Crippen LogP) is 2.30. The average molecular weight is 336 g/mol. The first-order chi connectivity index (χ1) is 11.1. The van der Waals surface area contributed by atoms with E-state index in [4.69, 9.17) is 21.1 Å². The largest absolute Gasteiger partial charge is 0.497 e. The highest BCUT2D eigenvalue weighted by Crippen LogP contribution is 2.29. The molecule has 6 nitrogen and oxygen atoms in total. The summed E-state index contributed by atoms with van der Waals surface area (Å²) in [6, 6.07) is 5.58. The minimum Gasteiger partial charge on any atom is -0.497 e. The number of amides is 1. The van der Waals surface area contributed by atoms with Crippen molar-refractivity contribution in [2.75, 3.05) is 13.7 Å². The van der Waals surface area contributed by atoms with Crippen LogP contribution in [0, 0.1) is 0 Å². The number of methoxy groups -OCH3 is 1. The monoisotopic (exact) mass is 335 g/mol. The minimum atomic E-state index is -0.236. The summed E-state index contributed by atoms with van der Waals surface area (Å²) in [6.07, 6.45) is 2.18. The van der Waals surface area contributed by atoms with Crippen molar-refractivity contribution < 1.29 is 14.3 Å². The lowest BCUT2D eigenvalue weighted by molar-refractivity contribution is 0.0904. The van der Waals surface area contributed by atoms with Crippen LogP contribution in [0.15, 0.2) is 24.4 Å². The van der Waals surface area contributed by atoms with E-state index in [0.717, 1.165) is 17.1 Å². The molecule has 0 saturated heterocycles. The van der Waals surface area contributed by atoms with Crippen LogP contribution in [0.3, 0.4) is 0 Å². The first kappa shape index (κ1) is 15.7. The van der Waals surface area contributed by atoms with E-state index >= 15 is 0 Å². The molecule has 0 aliphatic carbocycles. The van der Waals surface area contributed by atoms with Gasteiger partial charge in [0.15, 0.2) is 0 Å². The molecule has 0 bridgehead atoms. The van der Waals surface area contributed by atoms with Crippen LogP contribution >= 0.6 is 11.6 Å². The Kier molecular flexibility index (Phi) is 4.43. The molecule has 1 aliphatic rings. The highest BCUT2D eigenvalue weighted by molar-refractivity contribution is 6.33. The molecule has 23 heavy (non-hydrogen) atoms. The fraction of sp³-hybridized carbons (Fsp3) is 0.375. The molecule has 0 radical (unpaired) electrons. The number of hydrogen-bond donors (Lipinski definition) is 1. The maximum atomic E-state index is 12.5. The van der Waals surface area contributed by atoms with Crippen LogP contribution in [-0.2, 0) is 13.0 Å². The van der Waals surface area contributed by atoms with E-state index in [-0.39, 0.29) is 11.9 Å². The van der Waals surface area contributed by atoms with Crippen molar-refractivity contribution in [3.05, 3.63) is 40.7 Å². The number of rotatable bonds is 4. The number of ether oxygens (including phenoxy) is 2. The topological polar surface area (TPSA) is 65.4 Å². The van der Waals surface area contributed by atoms with Crippen molar-refractivity contribution in [1.29, 1.82) is 0 Å². The van der Waals surface area contributed by atoms with Gasteiger partial charge in [0.05, 0.1) is 24.4 Å². The van der Waals surface area contributed by atoms with Gasteiger partial charge in [0.2, 0.25) is 0 Å². The van der Waals surface area contributed by atoms with E-state index in [1.807, 2.05) is 25.1 Å². The molecule has 3 rings (SSSR count). The molecule has 2 heterocycles. The second-order valence-corrected chi connectivity index (χ2v) is 5.72. The lowest BCUT2D eigenvalue weighted by Gasteiger charge is -2.26. The molecule has 1 aromatic carbocycles. The summed E-state index contributed by atoms with van der Waals surface area (Å²) in [7, 11) is 1.62. The third-order valence-electron chi connectivity index (χ3n) is 3.83. The Labute approximate surface area is 139 Å². The van der Waals surface area contributed by atoms with Crippen molar-refractivity contribution >= 4 is 17.5 Å². The number of hydrogen-bond acceptors (Lipinski definition) is 4. The van der Waals surface area contributed by atoms with Gasteiger partial charge in [-0.25, -0.2) is 0 Å². The predicted molar refractivity (Wildman–Crippen MR) is 86.4 cm³/mol. The van der Waals surface area contributed by atoms with Gasteiger partial charge < -0.3 is 14.8 Å². The van der Waals surface area contributed by atoms with E-state index in [1.165, 1.54) is 6.20 Å². The van der Waals surface area contributed by atoms with Crippen LogP contribution in [0.25, 0.3) is 0 Å².